The first-order valence-corrected chi connectivity index (χ1v) is 9.05. The van der Waals surface area contributed by atoms with E-state index in [1.165, 1.54) is 11.1 Å². The molecule has 0 saturated heterocycles. The lowest BCUT2D eigenvalue weighted by Gasteiger charge is -2.24. The maximum atomic E-state index is 12.3. The summed E-state index contributed by atoms with van der Waals surface area (Å²) in [6.45, 7) is 3.05. The highest BCUT2D eigenvalue weighted by atomic mass is 32.1. The lowest BCUT2D eigenvalue weighted by molar-refractivity contribution is -0.121. The highest BCUT2D eigenvalue weighted by Crippen LogP contribution is 2.24. The van der Waals surface area contributed by atoms with Crippen LogP contribution in [0.2, 0.25) is 0 Å². The van der Waals surface area contributed by atoms with Crippen LogP contribution in [0.1, 0.15) is 36.7 Å². The number of hydrogen-bond donors (Lipinski definition) is 2. The number of carbonyl (C=O) groups is 1. The van der Waals surface area contributed by atoms with Crippen molar-refractivity contribution in [3.8, 4) is 0 Å². The van der Waals surface area contributed by atoms with Crippen molar-refractivity contribution >= 4 is 18.1 Å². The zero-order chi connectivity index (χ0) is 16.9. The Bertz CT molecular complexity index is 764. The van der Waals surface area contributed by atoms with Crippen molar-refractivity contribution < 1.29 is 4.79 Å². The maximum absolute atomic E-state index is 12.3. The number of rotatable bonds is 6. The minimum atomic E-state index is 0.00344. The van der Waals surface area contributed by atoms with Crippen molar-refractivity contribution in [3.05, 3.63) is 46.0 Å². The standard InChI is InChI=1S/C18H24N4OS/c1-2-5-16-20-21-18(24)22(16)12-17(23)19-11-13-8-9-14-6-3-4-7-15(14)10-13/h3-4,6-7,13H,2,5,8-12H2,1H3,(H,19,23)(H,21,24)/t13-/m0/s1. The van der Waals surface area contributed by atoms with Crippen LogP contribution in [0, 0.1) is 10.7 Å². The van der Waals surface area contributed by atoms with Gasteiger partial charge < -0.3 is 5.32 Å². The Morgan fingerprint density at radius 3 is 3.00 bits per heavy atom. The van der Waals surface area contributed by atoms with Crippen LogP contribution in [0.15, 0.2) is 24.3 Å². The minimum Gasteiger partial charge on any atom is -0.354 e. The fraction of sp³-hybridized carbons (Fsp3) is 0.500. The Kier molecular flexibility index (Phi) is 5.45. The molecule has 6 heteroatoms. The average Bonchev–Trinajstić information content (AvgIpc) is 2.93. The van der Waals surface area contributed by atoms with Crippen LogP contribution in [0.5, 0.6) is 0 Å². The SMILES string of the molecule is CCCc1n[nH]c(=S)n1CC(=O)NC[C@H]1CCc2ccccc2C1. The topological polar surface area (TPSA) is 62.7 Å². The van der Waals surface area contributed by atoms with E-state index in [4.69, 9.17) is 12.2 Å². The van der Waals surface area contributed by atoms with Gasteiger partial charge in [0.25, 0.3) is 0 Å². The molecule has 128 valence electrons. The second-order valence-corrected chi connectivity index (χ2v) is 6.85. The minimum absolute atomic E-state index is 0.00344. The molecule has 1 amide bonds. The molecule has 0 unspecified atom stereocenters. The van der Waals surface area contributed by atoms with Crippen molar-refractivity contribution in [2.75, 3.05) is 6.54 Å². The van der Waals surface area contributed by atoms with Crippen molar-refractivity contribution in [2.45, 2.75) is 45.6 Å². The zero-order valence-electron chi connectivity index (χ0n) is 14.0. The Hall–Kier alpha value is -1.95. The van der Waals surface area contributed by atoms with Gasteiger partial charge in [0.1, 0.15) is 12.4 Å². The number of H-pyrrole nitrogens is 1. The monoisotopic (exact) mass is 344 g/mol. The number of aromatic nitrogens is 3. The molecule has 1 aliphatic rings. The molecule has 2 aromatic rings. The molecule has 1 aliphatic carbocycles. The van der Waals surface area contributed by atoms with Gasteiger partial charge >= 0.3 is 0 Å². The lowest BCUT2D eigenvalue weighted by atomic mass is 9.84. The number of fused-ring (bicyclic) bond motifs is 1. The lowest BCUT2D eigenvalue weighted by Crippen LogP contribution is -2.34. The van der Waals surface area contributed by atoms with Crippen LogP contribution in [0.3, 0.4) is 0 Å². The van der Waals surface area contributed by atoms with Crippen molar-refractivity contribution in [3.63, 3.8) is 0 Å². The third-order valence-corrected chi connectivity index (χ3v) is 4.96. The van der Waals surface area contributed by atoms with Gasteiger partial charge in [-0.25, -0.2) is 0 Å². The summed E-state index contributed by atoms with van der Waals surface area (Å²) in [7, 11) is 0. The van der Waals surface area contributed by atoms with E-state index in [1.54, 1.807) is 4.57 Å². The first-order valence-electron chi connectivity index (χ1n) is 8.65. The van der Waals surface area contributed by atoms with Gasteiger partial charge in [0.15, 0.2) is 4.77 Å². The van der Waals surface area contributed by atoms with Crippen molar-refractivity contribution in [2.24, 2.45) is 5.92 Å². The fourth-order valence-corrected chi connectivity index (χ4v) is 3.55. The van der Waals surface area contributed by atoms with Gasteiger partial charge in [-0.15, -0.1) is 0 Å². The van der Waals surface area contributed by atoms with Gasteiger partial charge in [0, 0.05) is 13.0 Å². The fourth-order valence-electron chi connectivity index (χ4n) is 3.33. The Labute approximate surface area is 147 Å². The zero-order valence-corrected chi connectivity index (χ0v) is 14.9. The summed E-state index contributed by atoms with van der Waals surface area (Å²) in [6, 6.07) is 8.60. The Morgan fingerprint density at radius 1 is 1.42 bits per heavy atom. The van der Waals surface area contributed by atoms with Crippen molar-refractivity contribution in [1.29, 1.82) is 0 Å². The predicted octanol–water partition coefficient (Wildman–Crippen LogP) is 2.81. The largest absolute Gasteiger partial charge is 0.354 e. The van der Waals surface area contributed by atoms with E-state index < -0.39 is 0 Å². The molecular formula is C18H24N4OS. The highest BCUT2D eigenvalue weighted by Gasteiger charge is 2.19. The molecule has 5 nitrogen and oxygen atoms in total. The highest BCUT2D eigenvalue weighted by molar-refractivity contribution is 7.71. The Morgan fingerprint density at radius 2 is 2.21 bits per heavy atom. The van der Waals surface area contributed by atoms with Crippen LogP contribution < -0.4 is 5.32 Å². The van der Waals surface area contributed by atoms with Gasteiger partial charge in [0.05, 0.1) is 0 Å². The predicted molar refractivity (Wildman–Crippen MR) is 96.4 cm³/mol. The molecule has 2 N–H and O–H groups in total. The smallest absolute Gasteiger partial charge is 0.240 e. The van der Waals surface area contributed by atoms with Gasteiger partial charge in [-0.1, -0.05) is 31.2 Å². The summed E-state index contributed by atoms with van der Waals surface area (Å²) in [5.41, 5.74) is 2.87. The molecule has 1 heterocycles. The third-order valence-electron chi connectivity index (χ3n) is 4.65. The number of aromatic amines is 1. The molecule has 0 fully saturated rings. The van der Waals surface area contributed by atoms with Crippen LogP contribution in [-0.2, 0) is 30.6 Å². The molecular weight excluding hydrogens is 320 g/mol. The van der Waals surface area contributed by atoms with Gasteiger partial charge in [0.2, 0.25) is 5.91 Å². The van der Waals surface area contributed by atoms with Crippen molar-refractivity contribution in [1.82, 2.24) is 20.1 Å². The average molecular weight is 344 g/mol. The summed E-state index contributed by atoms with van der Waals surface area (Å²) in [4.78, 5) is 12.3. The quantitative estimate of drug-likeness (QED) is 0.792. The van der Waals surface area contributed by atoms with Gasteiger partial charge in [-0.2, -0.15) is 5.10 Å². The second kappa shape index (κ2) is 7.75. The number of carbonyl (C=O) groups excluding carboxylic acids is 1. The van der Waals surface area contributed by atoms with E-state index in [1.807, 2.05) is 0 Å². The number of amides is 1. The van der Waals surface area contributed by atoms with Crippen LogP contribution in [0.4, 0.5) is 0 Å². The molecule has 0 spiro atoms. The molecule has 3 rings (SSSR count). The number of hydrogen-bond acceptors (Lipinski definition) is 3. The molecule has 1 aromatic heterocycles. The van der Waals surface area contributed by atoms with E-state index in [9.17, 15) is 4.79 Å². The summed E-state index contributed by atoms with van der Waals surface area (Å²) in [5, 5.41) is 10.0. The van der Waals surface area contributed by atoms with E-state index >= 15 is 0 Å². The summed E-state index contributed by atoms with van der Waals surface area (Å²) < 4.78 is 2.31. The van der Waals surface area contributed by atoms with Crippen LogP contribution >= 0.6 is 12.2 Å². The number of aryl methyl sites for hydroxylation is 2. The van der Waals surface area contributed by atoms with Crippen LogP contribution in [-0.4, -0.2) is 27.2 Å². The van der Waals surface area contributed by atoms with E-state index in [0.717, 1.165) is 44.5 Å². The van der Waals surface area contributed by atoms with E-state index in [2.05, 4.69) is 46.7 Å². The summed E-state index contributed by atoms with van der Waals surface area (Å²) in [5.74, 6) is 1.37. The third kappa shape index (κ3) is 3.93. The normalized spacial score (nSPS) is 16.6. The molecule has 0 aliphatic heterocycles. The second-order valence-electron chi connectivity index (χ2n) is 6.46. The number of benzene rings is 1. The Balaban J connectivity index is 1.54. The van der Waals surface area contributed by atoms with Crippen LogP contribution in [0.25, 0.3) is 0 Å². The molecule has 24 heavy (non-hydrogen) atoms. The number of nitrogens with one attached hydrogen (secondary N) is 2. The molecule has 0 saturated carbocycles. The van der Waals surface area contributed by atoms with Gasteiger partial charge in [-0.3, -0.25) is 14.5 Å². The molecule has 1 atom stereocenters. The van der Waals surface area contributed by atoms with E-state index in [-0.39, 0.29) is 12.5 Å². The first-order chi connectivity index (χ1) is 11.7. The summed E-state index contributed by atoms with van der Waals surface area (Å²) >= 11 is 5.22. The van der Waals surface area contributed by atoms with Gasteiger partial charge in [-0.05, 0) is 54.9 Å². The van der Waals surface area contributed by atoms with E-state index in [0.29, 0.717) is 10.7 Å². The first kappa shape index (κ1) is 16.9. The number of nitrogens with zero attached hydrogens (tertiary/aromatic N) is 2. The molecule has 1 aromatic carbocycles. The summed E-state index contributed by atoms with van der Waals surface area (Å²) in [6.07, 6.45) is 5.07. The molecule has 0 radical (unpaired) electrons. The molecule has 0 bridgehead atoms. The maximum Gasteiger partial charge on any atom is 0.240 e.